The van der Waals surface area contributed by atoms with Gasteiger partial charge in [-0.05, 0) is 11.4 Å². The molecule has 2 amide bonds. The predicted octanol–water partition coefficient (Wildman–Crippen LogP) is 0.622. The number of thiophene rings is 1. The molecule has 0 aromatic carbocycles. The van der Waals surface area contributed by atoms with Crippen LogP contribution in [0.5, 0.6) is 0 Å². The van der Waals surface area contributed by atoms with E-state index < -0.39 is 23.3 Å². The summed E-state index contributed by atoms with van der Waals surface area (Å²) >= 11 is 2.79. The van der Waals surface area contributed by atoms with Gasteiger partial charge in [-0.1, -0.05) is 17.6 Å². The zero-order valence-electron chi connectivity index (χ0n) is 13.2. The van der Waals surface area contributed by atoms with Crippen LogP contribution in [0.4, 0.5) is 0 Å². The lowest BCUT2D eigenvalue weighted by atomic mass is 10.0. The quantitative estimate of drug-likeness (QED) is 0.319. The molecule has 0 saturated carbocycles. The number of carbonyl (C=O) groups excluding carboxylic acids is 2. The van der Waals surface area contributed by atoms with Gasteiger partial charge in [-0.3, -0.25) is 14.5 Å². The summed E-state index contributed by atoms with van der Waals surface area (Å²) in [5.41, 5.74) is 0.137. The summed E-state index contributed by atoms with van der Waals surface area (Å²) in [5, 5.41) is 17.0. The molecule has 0 radical (unpaired) electrons. The highest BCUT2D eigenvalue weighted by Gasteiger charge is 2.54. The number of oxime groups is 1. The van der Waals surface area contributed by atoms with E-state index in [-0.39, 0.29) is 18.0 Å². The number of carboxylic acid groups (broad SMARTS) is 1. The Morgan fingerprint density at radius 1 is 1.58 bits per heavy atom. The number of hydrogen-bond acceptors (Lipinski definition) is 7. The second-order valence-electron chi connectivity index (χ2n) is 5.33. The molecule has 10 heteroatoms. The molecule has 2 atom stereocenters. The van der Waals surface area contributed by atoms with Crippen molar-refractivity contribution in [2.75, 3.05) is 5.75 Å². The number of rotatable bonds is 6. The number of thioether (sulfide) groups is 1. The number of fused-ring (bicyclic) bond motifs is 1. The average Bonchev–Trinajstić information content (AvgIpc) is 3.12. The van der Waals surface area contributed by atoms with Crippen LogP contribution in [0.25, 0.3) is 0 Å². The van der Waals surface area contributed by atoms with Crippen LogP contribution in [0.15, 0.2) is 33.9 Å². The van der Waals surface area contributed by atoms with Gasteiger partial charge in [-0.25, -0.2) is 4.79 Å². The highest BCUT2D eigenvalue weighted by Crippen LogP contribution is 2.39. The molecule has 1 saturated heterocycles. The molecule has 134 valence electrons. The molecule has 3 rings (SSSR count). The van der Waals surface area contributed by atoms with Gasteiger partial charge in [0.15, 0.2) is 0 Å². The van der Waals surface area contributed by atoms with Crippen LogP contribution < -0.4 is 5.32 Å². The standard InChI is InChI=1S/C16H13N3O5S2/c1-2-24-17-7-9-8-26-15-12(14(21)19(15)13(9)16(22)23)18-11(20)6-10-4-3-5-25-10/h1,3-5,7,12,15H,6,8H2,(H,18,20)(H,22,23)/t12-,15+/m1/s1. The van der Waals surface area contributed by atoms with Gasteiger partial charge in [0, 0.05) is 16.2 Å². The van der Waals surface area contributed by atoms with Crippen molar-refractivity contribution >= 4 is 47.1 Å². The minimum atomic E-state index is -1.26. The van der Waals surface area contributed by atoms with E-state index in [2.05, 4.69) is 15.3 Å². The molecule has 2 N–H and O–H groups in total. The van der Waals surface area contributed by atoms with Crippen molar-refractivity contribution in [2.45, 2.75) is 17.8 Å². The Balaban J connectivity index is 1.71. The second-order valence-corrected chi connectivity index (χ2v) is 7.47. The third-order valence-electron chi connectivity index (χ3n) is 3.75. The molecule has 0 unspecified atom stereocenters. The average molecular weight is 391 g/mol. The fraction of sp³-hybridized carbons (Fsp3) is 0.250. The minimum Gasteiger partial charge on any atom is -0.477 e. The van der Waals surface area contributed by atoms with Crippen LogP contribution >= 0.6 is 23.1 Å². The summed E-state index contributed by atoms with van der Waals surface area (Å²) in [6, 6.07) is 2.93. The zero-order chi connectivity index (χ0) is 18.7. The number of terminal acetylenes is 1. The van der Waals surface area contributed by atoms with Gasteiger partial charge >= 0.3 is 5.97 Å². The number of aliphatic carboxylic acids is 1. The van der Waals surface area contributed by atoms with Gasteiger partial charge in [0.05, 0.1) is 12.6 Å². The maximum absolute atomic E-state index is 12.4. The summed E-state index contributed by atoms with van der Waals surface area (Å²) in [7, 11) is 0. The largest absolute Gasteiger partial charge is 0.477 e. The number of nitrogens with one attached hydrogen (secondary N) is 1. The number of carboxylic acids is 1. The lowest BCUT2D eigenvalue weighted by Crippen LogP contribution is -2.70. The van der Waals surface area contributed by atoms with Crippen molar-refractivity contribution in [3.63, 3.8) is 0 Å². The Morgan fingerprint density at radius 3 is 3.04 bits per heavy atom. The maximum atomic E-state index is 12.4. The lowest BCUT2D eigenvalue weighted by molar-refractivity contribution is -0.150. The van der Waals surface area contributed by atoms with Crippen LogP contribution in [0.3, 0.4) is 0 Å². The molecule has 0 spiro atoms. The molecule has 0 bridgehead atoms. The van der Waals surface area contributed by atoms with Crippen LogP contribution in [0, 0.1) is 12.5 Å². The molecule has 1 fully saturated rings. The molecule has 0 aliphatic carbocycles. The molecule has 3 heterocycles. The molecule has 2 aliphatic rings. The van der Waals surface area contributed by atoms with E-state index in [1.165, 1.54) is 29.3 Å². The van der Waals surface area contributed by atoms with E-state index in [1.807, 2.05) is 23.6 Å². The van der Waals surface area contributed by atoms with Crippen molar-refractivity contribution < 1.29 is 24.3 Å². The van der Waals surface area contributed by atoms with Crippen LogP contribution in [-0.2, 0) is 25.6 Å². The zero-order valence-corrected chi connectivity index (χ0v) is 14.9. The molecular formula is C16H13N3O5S2. The summed E-state index contributed by atoms with van der Waals surface area (Å²) in [4.78, 5) is 42.6. The van der Waals surface area contributed by atoms with E-state index in [0.717, 1.165) is 9.78 Å². The third kappa shape index (κ3) is 3.44. The molecule has 1 aromatic rings. The fourth-order valence-electron chi connectivity index (χ4n) is 2.66. The summed E-state index contributed by atoms with van der Waals surface area (Å²) < 4.78 is 0. The first-order valence-electron chi connectivity index (χ1n) is 7.40. The molecule has 1 aromatic heterocycles. The van der Waals surface area contributed by atoms with E-state index in [0.29, 0.717) is 11.3 Å². The monoisotopic (exact) mass is 391 g/mol. The SMILES string of the molecule is C#CON=CC1=C(C(=O)O)N2C(=O)[C@@H](NC(=O)Cc3cccs3)[C@@H]2SC1. The van der Waals surface area contributed by atoms with Crippen molar-refractivity contribution in [3.05, 3.63) is 33.7 Å². The summed E-state index contributed by atoms with van der Waals surface area (Å²) in [6.45, 7) is 0. The Morgan fingerprint density at radius 2 is 2.38 bits per heavy atom. The van der Waals surface area contributed by atoms with Gasteiger partial charge < -0.3 is 15.3 Å². The Bertz CT molecular complexity index is 841. The van der Waals surface area contributed by atoms with E-state index in [1.54, 1.807) is 0 Å². The molecule has 2 aliphatic heterocycles. The first kappa shape index (κ1) is 18.0. The smallest absolute Gasteiger partial charge is 0.353 e. The molecule has 26 heavy (non-hydrogen) atoms. The van der Waals surface area contributed by atoms with Gasteiger partial charge in [0.2, 0.25) is 5.91 Å². The van der Waals surface area contributed by atoms with E-state index in [9.17, 15) is 19.5 Å². The highest BCUT2D eigenvalue weighted by molar-refractivity contribution is 8.00. The maximum Gasteiger partial charge on any atom is 0.353 e. The van der Waals surface area contributed by atoms with Crippen molar-refractivity contribution in [2.24, 2.45) is 5.16 Å². The molecule has 8 nitrogen and oxygen atoms in total. The number of hydrogen-bond donors (Lipinski definition) is 2. The Hall–Kier alpha value is -2.77. The van der Waals surface area contributed by atoms with E-state index in [4.69, 9.17) is 6.42 Å². The fourth-order valence-corrected chi connectivity index (χ4v) is 4.66. The van der Waals surface area contributed by atoms with Gasteiger partial charge in [0.25, 0.3) is 5.91 Å². The van der Waals surface area contributed by atoms with Gasteiger partial charge in [-0.15, -0.1) is 23.1 Å². The van der Waals surface area contributed by atoms with E-state index >= 15 is 0 Å². The van der Waals surface area contributed by atoms with Crippen molar-refractivity contribution in [3.8, 4) is 12.5 Å². The van der Waals surface area contributed by atoms with Crippen LogP contribution in [0.2, 0.25) is 0 Å². The topological polar surface area (TPSA) is 108 Å². The second kappa shape index (κ2) is 7.63. The molecular weight excluding hydrogens is 378 g/mol. The normalized spacial score (nSPS) is 21.8. The summed E-state index contributed by atoms with van der Waals surface area (Å²) in [6.07, 6.45) is 8.11. The van der Waals surface area contributed by atoms with Crippen molar-refractivity contribution in [1.82, 2.24) is 10.2 Å². The first-order valence-corrected chi connectivity index (χ1v) is 9.33. The number of amides is 2. The van der Waals surface area contributed by atoms with Gasteiger partial charge in [0.1, 0.15) is 23.2 Å². The number of nitrogens with zero attached hydrogens (tertiary/aromatic N) is 2. The van der Waals surface area contributed by atoms with Crippen LogP contribution in [0.1, 0.15) is 4.88 Å². The van der Waals surface area contributed by atoms with Gasteiger partial charge in [-0.2, -0.15) is 0 Å². The van der Waals surface area contributed by atoms with Crippen molar-refractivity contribution in [1.29, 1.82) is 0 Å². The third-order valence-corrected chi connectivity index (χ3v) is 5.92. The number of carbonyl (C=O) groups is 3. The first-order chi connectivity index (χ1) is 12.5. The summed E-state index contributed by atoms with van der Waals surface area (Å²) in [5.74, 6) is -1.70. The highest BCUT2D eigenvalue weighted by atomic mass is 32.2. The Labute approximate surface area is 156 Å². The lowest BCUT2D eigenvalue weighted by Gasteiger charge is -2.49. The Kier molecular flexibility index (Phi) is 5.29. The number of β-lactam (4-membered cyclic amide) rings is 1. The predicted molar refractivity (Wildman–Crippen MR) is 96.1 cm³/mol. The van der Waals surface area contributed by atoms with Crippen LogP contribution in [-0.4, -0.2) is 51.2 Å². The minimum absolute atomic E-state index is 0.174.